The molecule has 0 aromatic heterocycles. The van der Waals surface area contributed by atoms with Crippen LogP contribution in [0.25, 0.3) is 0 Å². The van der Waals surface area contributed by atoms with Gasteiger partial charge in [-0.1, -0.05) is 0 Å². The molecule has 0 spiro atoms. The van der Waals surface area contributed by atoms with Gasteiger partial charge in [-0.2, -0.15) is 0 Å². The summed E-state index contributed by atoms with van der Waals surface area (Å²) in [7, 11) is -0.435. The van der Waals surface area contributed by atoms with Gasteiger partial charge >= 0.3 is 0 Å². The number of hydrogen-bond acceptors (Lipinski definition) is 4. The molecule has 0 saturated heterocycles. The highest BCUT2D eigenvalue weighted by atomic mass is 32.2. The lowest BCUT2D eigenvalue weighted by molar-refractivity contribution is -0.117. The van der Waals surface area contributed by atoms with Crippen molar-refractivity contribution >= 4 is 21.6 Å². The number of nitrogens with two attached hydrogens (primary N) is 1. The van der Waals surface area contributed by atoms with Crippen molar-refractivity contribution in [2.45, 2.75) is 11.3 Å². The number of amides is 1. The summed E-state index contributed by atoms with van der Waals surface area (Å²) in [6.45, 7) is 0.426. The summed E-state index contributed by atoms with van der Waals surface area (Å²) in [5, 5.41) is 2.97. The van der Waals surface area contributed by atoms with Crippen LogP contribution in [0.3, 0.4) is 0 Å². The Morgan fingerprint density at radius 2 is 1.83 bits per heavy atom. The van der Waals surface area contributed by atoms with Crippen LogP contribution < -0.4 is 11.1 Å². The number of hydrogen-bond donors (Lipinski definition) is 2. The molecule has 0 unspecified atom stereocenters. The van der Waals surface area contributed by atoms with Gasteiger partial charge in [0.2, 0.25) is 15.9 Å². The molecular formula is C11H17N3O3S. The second kappa shape index (κ2) is 5.83. The molecule has 3 N–H and O–H groups in total. The zero-order valence-corrected chi connectivity index (χ0v) is 11.2. The SMILES string of the molecule is CN(C)S(=O)(=O)c1ccc(NCCC(N)=O)cc1. The van der Waals surface area contributed by atoms with Crippen molar-refractivity contribution in [1.82, 2.24) is 4.31 Å². The number of carbonyl (C=O) groups excluding carboxylic acids is 1. The van der Waals surface area contributed by atoms with Crippen LogP contribution in [0.2, 0.25) is 0 Å². The number of sulfonamides is 1. The van der Waals surface area contributed by atoms with Crippen molar-refractivity contribution in [1.29, 1.82) is 0 Å². The molecular weight excluding hydrogens is 254 g/mol. The van der Waals surface area contributed by atoms with E-state index in [9.17, 15) is 13.2 Å². The summed E-state index contributed by atoms with van der Waals surface area (Å²) in [6, 6.07) is 6.33. The van der Waals surface area contributed by atoms with E-state index >= 15 is 0 Å². The van der Waals surface area contributed by atoms with Gasteiger partial charge in [0.15, 0.2) is 0 Å². The van der Waals surface area contributed by atoms with Crippen LogP contribution in [0.15, 0.2) is 29.2 Å². The number of nitrogens with one attached hydrogen (secondary N) is 1. The van der Waals surface area contributed by atoms with E-state index in [1.807, 2.05) is 0 Å². The van der Waals surface area contributed by atoms with Crippen molar-refractivity contribution < 1.29 is 13.2 Å². The maximum atomic E-state index is 11.8. The summed E-state index contributed by atoms with van der Waals surface area (Å²) in [6.07, 6.45) is 0.234. The summed E-state index contributed by atoms with van der Waals surface area (Å²) < 4.78 is 24.7. The van der Waals surface area contributed by atoms with Crippen molar-refractivity contribution in [2.24, 2.45) is 5.73 Å². The van der Waals surface area contributed by atoms with E-state index in [1.165, 1.54) is 26.2 Å². The Morgan fingerprint density at radius 1 is 1.28 bits per heavy atom. The molecule has 7 heteroatoms. The molecule has 0 aliphatic heterocycles. The fourth-order valence-electron chi connectivity index (χ4n) is 1.29. The molecule has 1 amide bonds. The van der Waals surface area contributed by atoms with E-state index < -0.39 is 10.0 Å². The summed E-state index contributed by atoms with van der Waals surface area (Å²) >= 11 is 0. The van der Waals surface area contributed by atoms with Crippen LogP contribution in [0.5, 0.6) is 0 Å². The molecule has 6 nitrogen and oxygen atoms in total. The minimum absolute atomic E-state index is 0.230. The molecule has 0 radical (unpaired) electrons. The lowest BCUT2D eigenvalue weighted by Gasteiger charge is -2.12. The third kappa shape index (κ3) is 3.71. The van der Waals surface area contributed by atoms with Gasteiger partial charge in [0, 0.05) is 32.7 Å². The predicted molar refractivity (Wildman–Crippen MR) is 69.6 cm³/mol. The maximum absolute atomic E-state index is 11.8. The van der Waals surface area contributed by atoms with E-state index in [0.29, 0.717) is 6.54 Å². The van der Waals surface area contributed by atoms with Crippen LogP contribution in [0.4, 0.5) is 5.69 Å². The first-order valence-corrected chi connectivity index (χ1v) is 6.83. The molecule has 1 aromatic rings. The second-order valence-electron chi connectivity index (χ2n) is 3.95. The van der Waals surface area contributed by atoms with Gasteiger partial charge in [-0.3, -0.25) is 4.79 Å². The number of nitrogens with zero attached hydrogens (tertiary/aromatic N) is 1. The van der Waals surface area contributed by atoms with E-state index in [1.54, 1.807) is 12.1 Å². The highest BCUT2D eigenvalue weighted by molar-refractivity contribution is 7.89. The largest absolute Gasteiger partial charge is 0.385 e. The molecule has 0 bridgehead atoms. The standard InChI is InChI=1S/C11H17N3O3S/c1-14(2)18(16,17)10-5-3-9(4-6-10)13-8-7-11(12)15/h3-6,13H,7-8H2,1-2H3,(H2,12,15). The van der Waals surface area contributed by atoms with Crippen molar-refractivity contribution in [2.75, 3.05) is 26.0 Å². The summed E-state index contributed by atoms with van der Waals surface area (Å²) in [4.78, 5) is 10.8. The first-order chi connectivity index (χ1) is 8.34. The first-order valence-electron chi connectivity index (χ1n) is 5.39. The maximum Gasteiger partial charge on any atom is 0.242 e. The third-order valence-electron chi connectivity index (χ3n) is 2.33. The van der Waals surface area contributed by atoms with E-state index in [4.69, 9.17) is 5.73 Å². The molecule has 1 rings (SSSR count). The Labute approximate surface area is 107 Å². The molecule has 18 heavy (non-hydrogen) atoms. The lowest BCUT2D eigenvalue weighted by atomic mass is 10.3. The Bertz CT molecular complexity index is 509. The highest BCUT2D eigenvalue weighted by Crippen LogP contribution is 2.16. The minimum Gasteiger partial charge on any atom is -0.385 e. The topological polar surface area (TPSA) is 92.5 Å². The van der Waals surface area contributed by atoms with Crippen LogP contribution in [-0.4, -0.2) is 39.3 Å². The molecule has 100 valence electrons. The predicted octanol–water partition coefficient (Wildman–Crippen LogP) is 0.224. The minimum atomic E-state index is -3.40. The van der Waals surface area contributed by atoms with Crippen molar-refractivity contribution in [3.8, 4) is 0 Å². The normalized spacial score (nSPS) is 11.5. The monoisotopic (exact) mass is 271 g/mol. The molecule has 1 aromatic carbocycles. The summed E-state index contributed by atoms with van der Waals surface area (Å²) in [5.74, 6) is -0.380. The van der Waals surface area contributed by atoms with Gasteiger partial charge in [0.25, 0.3) is 0 Å². The quantitative estimate of drug-likeness (QED) is 0.774. The molecule has 0 heterocycles. The van der Waals surface area contributed by atoms with Gasteiger partial charge in [0.1, 0.15) is 0 Å². The zero-order chi connectivity index (χ0) is 13.8. The van der Waals surface area contributed by atoms with Gasteiger partial charge in [-0.05, 0) is 24.3 Å². The van der Waals surface area contributed by atoms with E-state index in [0.717, 1.165) is 9.99 Å². The molecule has 0 fully saturated rings. The number of anilines is 1. The van der Waals surface area contributed by atoms with Crippen LogP contribution >= 0.6 is 0 Å². The fourth-order valence-corrected chi connectivity index (χ4v) is 2.19. The smallest absolute Gasteiger partial charge is 0.242 e. The van der Waals surface area contributed by atoms with E-state index in [-0.39, 0.29) is 17.2 Å². The molecule has 0 saturated carbocycles. The highest BCUT2D eigenvalue weighted by Gasteiger charge is 2.16. The van der Waals surface area contributed by atoms with Crippen molar-refractivity contribution in [3.05, 3.63) is 24.3 Å². The van der Waals surface area contributed by atoms with Gasteiger partial charge < -0.3 is 11.1 Å². The zero-order valence-electron chi connectivity index (χ0n) is 10.4. The van der Waals surface area contributed by atoms with Crippen molar-refractivity contribution in [3.63, 3.8) is 0 Å². The fraction of sp³-hybridized carbons (Fsp3) is 0.364. The average Bonchev–Trinajstić information content (AvgIpc) is 2.29. The Hall–Kier alpha value is -1.60. The van der Waals surface area contributed by atoms with Crippen LogP contribution in [0.1, 0.15) is 6.42 Å². The first kappa shape index (κ1) is 14.5. The number of benzene rings is 1. The number of primary amides is 1. The third-order valence-corrected chi connectivity index (χ3v) is 4.16. The van der Waals surface area contributed by atoms with Gasteiger partial charge in [-0.15, -0.1) is 0 Å². The second-order valence-corrected chi connectivity index (χ2v) is 6.11. The summed E-state index contributed by atoms with van der Waals surface area (Å²) in [5.41, 5.74) is 5.75. The van der Waals surface area contributed by atoms with Gasteiger partial charge in [0.05, 0.1) is 4.90 Å². The van der Waals surface area contributed by atoms with Crippen LogP contribution in [-0.2, 0) is 14.8 Å². The average molecular weight is 271 g/mol. The lowest BCUT2D eigenvalue weighted by Crippen LogP contribution is -2.22. The van der Waals surface area contributed by atoms with E-state index in [2.05, 4.69) is 5.32 Å². The molecule has 0 atom stereocenters. The Morgan fingerprint density at radius 3 is 2.28 bits per heavy atom. The molecule has 0 aliphatic carbocycles. The Balaban J connectivity index is 2.72. The van der Waals surface area contributed by atoms with Gasteiger partial charge in [-0.25, -0.2) is 12.7 Å². The number of rotatable bonds is 6. The number of carbonyl (C=O) groups is 1. The Kier molecular flexibility index (Phi) is 4.69. The van der Waals surface area contributed by atoms with Crippen LogP contribution in [0, 0.1) is 0 Å². The molecule has 0 aliphatic rings.